The predicted octanol–water partition coefficient (Wildman–Crippen LogP) is 2.49. The number of aliphatic hydroxyl groups is 1. The minimum Gasteiger partial charge on any atom is -0.392 e. The van der Waals surface area contributed by atoms with Crippen LogP contribution >= 0.6 is 23.2 Å². The zero-order chi connectivity index (χ0) is 23.3. The molecule has 0 atom stereocenters. The summed E-state index contributed by atoms with van der Waals surface area (Å²) < 4.78 is 49.0. The summed E-state index contributed by atoms with van der Waals surface area (Å²) in [6, 6.07) is 8.42. The van der Waals surface area contributed by atoms with Crippen LogP contribution in [-0.2, 0) is 26.7 Å². The Hall–Kier alpha value is -1.53. The van der Waals surface area contributed by atoms with Gasteiger partial charge in [-0.25, -0.2) is 25.4 Å². The molecule has 1 N–H and O–H groups in total. The SMILES string of the molecule is CN(C)S(=O)(=O)c1ccc(C=O)cc1Cl.CN(C)S(=O)(=O)c1ccc(CO)cc1Cl. The van der Waals surface area contributed by atoms with Crippen LogP contribution in [0.3, 0.4) is 0 Å². The molecule has 0 aliphatic rings. The third kappa shape index (κ3) is 6.24. The lowest BCUT2D eigenvalue weighted by atomic mass is 10.2. The number of aliphatic hydroxyl groups excluding tert-OH is 1. The summed E-state index contributed by atoms with van der Waals surface area (Å²) in [5.74, 6) is 0. The Morgan fingerprint density at radius 1 is 0.833 bits per heavy atom. The second-order valence-corrected chi connectivity index (χ2v) is 11.4. The molecule has 0 spiro atoms. The van der Waals surface area contributed by atoms with Gasteiger partial charge in [-0.05, 0) is 29.8 Å². The van der Waals surface area contributed by atoms with E-state index in [1.54, 1.807) is 0 Å². The van der Waals surface area contributed by atoms with Crippen molar-refractivity contribution < 1.29 is 26.7 Å². The lowest BCUT2D eigenvalue weighted by Gasteiger charge is -2.12. The number of carbonyl (C=O) groups is 1. The van der Waals surface area contributed by atoms with Crippen LogP contribution in [0.25, 0.3) is 0 Å². The van der Waals surface area contributed by atoms with Crippen LogP contribution < -0.4 is 0 Å². The first-order valence-corrected chi connectivity index (χ1v) is 11.9. The highest BCUT2D eigenvalue weighted by Gasteiger charge is 2.21. The van der Waals surface area contributed by atoms with Gasteiger partial charge in [-0.15, -0.1) is 0 Å². The maximum Gasteiger partial charge on any atom is 0.244 e. The Morgan fingerprint density at radius 3 is 1.60 bits per heavy atom. The number of hydrogen-bond donors (Lipinski definition) is 1. The second-order valence-electron chi connectivity index (χ2n) is 6.31. The van der Waals surface area contributed by atoms with Crippen LogP contribution in [-0.4, -0.2) is 65.0 Å². The molecule has 0 bridgehead atoms. The maximum atomic E-state index is 11.7. The molecule has 30 heavy (non-hydrogen) atoms. The minimum atomic E-state index is -3.55. The van der Waals surface area contributed by atoms with Crippen molar-refractivity contribution in [3.8, 4) is 0 Å². The van der Waals surface area contributed by atoms with E-state index in [1.807, 2.05) is 0 Å². The van der Waals surface area contributed by atoms with E-state index in [1.165, 1.54) is 64.6 Å². The molecule has 2 rings (SSSR count). The summed E-state index contributed by atoms with van der Waals surface area (Å²) in [6.07, 6.45) is 0.609. The van der Waals surface area contributed by atoms with Gasteiger partial charge in [0.2, 0.25) is 20.0 Å². The standard InChI is InChI=1S/C9H12ClNO3S.C9H10ClNO3S/c2*1-11(2)15(13,14)9-4-3-7(6-12)5-8(9)10/h3-5,12H,6H2,1-2H3;3-6H,1-2H3. The van der Waals surface area contributed by atoms with E-state index in [0.29, 0.717) is 17.4 Å². The zero-order valence-electron chi connectivity index (χ0n) is 16.7. The minimum absolute atomic E-state index is 0.000216. The Bertz CT molecular complexity index is 1120. The van der Waals surface area contributed by atoms with Gasteiger partial charge in [0.05, 0.1) is 16.7 Å². The van der Waals surface area contributed by atoms with Gasteiger partial charge in [0.25, 0.3) is 0 Å². The summed E-state index contributed by atoms with van der Waals surface area (Å²) in [5, 5.41) is 9.02. The summed E-state index contributed by atoms with van der Waals surface area (Å²) in [7, 11) is -1.36. The highest BCUT2D eigenvalue weighted by molar-refractivity contribution is 7.89. The monoisotopic (exact) mass is 496 g/mol. The van der Waals surface area contributed by atoms with Gasteiger partial charge in [0.1, 0.15) is 16.1 Å². The first-order valence-electron chi connectivity index (χ1n) is 8.28. The first kappa shape index (κ1) is 26.5. The van der Waals surface area contributed by atoms with Crippen molar-refractivity contribution in [1.82, 2.24) is 8.61 Å². The molecule has 0 amide bonds. The van der Waals surface area contributed by atoms with Crippen LogP contribution in [0.1, 0.15) is 15.9 Å². The Balaban J connectivity index is 0.000000300. The molecule has 2 aromatic rings. The van der Waals surface area contributed by atoms with Gasteiger partial charge in [0, 0.05) is 33.8 Å². The Morgan fingerprint density at radius 2 is 1.27 bits per heavy atom. The fourth-order valence-electron chi connectivity index (χ4n) is 2.04. The molecule has 0 saturated carbocycles. The van der Waals surface area contributed by atoms with Gasteiger partial charge in [-0.3, -0.25) is 4.79 Å². The van der Waals surface area contributed by atoms with E-state index in [9.17, 15) is 21.6 Å². The number of aldehydes is 1. The van der Waals surface area contributed by atoms with E-state index < -0.39 is 20.0 Å². The quantitative estimate of drug-likeness (QED) is 0.614. The number of carbonyl (C=O) groups excluding carboxylic acids is 1. The molecular formula is C18H22Cl2N2O6S2. The van der Waals surface area contributed by atoms with Gasteiger partial charge in [-0.1, -0.05) is 35.3 Å². The molecule has 0 aliphatic carbocycles. The maximum absolute atomic E-state index is 11.7. The molecule has 0 fully saturated rings. The molecule has 0 aromatic heterocycles. The van der Waals surface area contributed by atoms with Crippen LogP contribution in [0.5, 0.6) is 0 Å². The van der Waals surface area contributed by atoms with Gasteiger partial charge < -0.3 is 5.11 Å². The lowest BCUT2D eigenvalue weighted by molar-refractivity contribution is 0.112. The van der Waals surface area contributed by atoms with Crippen molar-refractivity contribution >= 4 is 49.5 Å². The number of hydrogen-bond acceptors (Lipinski definition) is 6. The summed E-state index contributed by atoms with van der Waals surface area (Å²) in [6.45, 7) is -0.165. The van der Waals surface area contributed by atoms with Crippen LogP contribution in [0, 0.1) is 0 Å². The van der Waals surface area contributed by atoms with E-state index in [2.05, 4.69) is 0 Å². The number of halogens is 2. The normalized spacial score (nSPS) is 11.9. The molecular weight excluding hydrogens is 475 g/mol. The highest BCUT2D eigenvalue weighted by Crippen LogP contribution is 2.25. The molecule has 0 saturated heterocycles. The average Bonchev–Trinajstić information content (AvgIpc) is 2.67. The number of nitrogens with zero attached hydrogens (tertiary/aromatic N) is 2. The predicted molar refractivity (Wildman–Crippen MR) is 116 cm³/mol. The average molecular weight is 497 g/mol. The summed E-state index contributed by atoms with van der Waals surface area (Å²) in [4.78, 5) is 10.5. The molecule has 0 radical (unpaired) electrons. The van der Waals surface area contributed by atoms with Crippen molar-refractivity contribution in [1.29, 1.82) is 0 Å². The highest BCUT2D eigenvalue weighted by atomic mass is 35.5. The molecule has 0 aliphatic heterocycles. The first-order chi connectivity index (χ1) is 13.8. The third-order valence-corrected chi connectivity index (χ3v) is 8.38. The van der Waals surface area contributed by atoms with Crippen molar-refractivity contribution in [2.45, 2.75) is 16.4 Å². The van der Waals surface area contributed by atoms with Crippen LogP contribution in [0.15, 0.2) is 46.2 Å². The van der Waals surface area contributed by atoms with Crippen molar-refractivity contribution in [2.24, 2.45) is 0 Å². The van der Waals surface area contributed by atoms with Gasteiger partial charge in [0.15, 0.2) is 0 Å². The van der Waals surface area contributed by atoms with Gasteiger partial charge in [-0.2, -0.15) is 0 Å². The largest absolute Gasteiger partial charge is 0.392 e. The molecule has 0 heterocycles. The molecule has 8 nitrogen and oxygen atoms in total. The smallest absolute Gasteiger partial charge is 0.244 e. The molecule has 2 aromatic carbocycles. The topological polar surface area (TPSA) is 112 Å². The fraction of sp³-hybridized carbons (Fsp3) is 0.278. The summed E-state index contributed by atoms with van der Waals surface area (Å²) in [5.41, 5.74) is 0.926. The Kier molecular flexibility index (Phi) is 9.43. The van der Waals surface area contributed by atoms with Crippen molar-refractivity contribution in [3.05, 3.63) is 57.6 Å². The number of rotatable bonds is 6. The molecule has 12 heteroatoms. The van der Waals surface area contributed by atoms with Crippen molar-refractivity contribution in [2.75, 3.05) is 28.2 Å². The number of benzene rings is 2. The molecule has 0 unspecified atom stereocenters. The Labute approximate surface area is 186 Å². The molecule has 166 valence electrons. The van der Waals surface area contributed by atoms with Gasteiger partial charge >= 0.3 is 0 Å². The van der Waals surface area contributed by atoms with E-state index in [-0.39, 0.29) is 26.4 Å². The lowest BCUT2D eigenvalue weighted by Crippen LogP contribution is -2.22. The van der Waals surface area contributed by atoms with Crippen molar-refractivity contribution in [3.63, 3.8) is 0 Å². The zero-order valence-corrected chi connectivity index (χ0v) is 19.8. The number of sulfonamides is 2. The van der Waals surface area contributed by atoms with Crippen LogP contribution in [0.2, 0.25) is 10.0 Å². The fourth-order valence-corrected chi connectivity index (χ4v) is 4.90. The second kappa shape index (κ2) is 10.7. The van der Waals surface area contributed by atoms with E-state index in [0.717, 1.165) is 8.61 Å². The van der Waals surface area contributed by atoms with E-state index >= 15 is 0 Å². The summed E-state index contributed by atoms with van der Waals surface area (Å²) >= 11 is 11.6. The third-order valence-electron chi connectivity index (χ3n) is 3.79. The van der Waals surface area contributed by atoms with E-state index in [4.69, 9.17) is 28.3 Å². The van der Waals surface area contributed by atoms with Crippen LogP contribution in [0.4, 0.5) is 0 Å².